The van der Waals surface area contributed by atoms with Crippen LogP contribution in [-0.2, 0) is 6.54 Å². The molecule has 0 bridgehead atoms. The van der Waals surface area contributed by atoms with Crippen molar-refractivity contribution in [3.05, 3.63) is 40.9 Å². The van der Waals surface area contributed by atoms with E-state index in [1.54, 1.807) is 12.7 Å². The summed E-state index contributed by atoms with van der Waals surface area (Å²) in [6.07, 6.45) is 5.66. The minimum Gasteiger partial charge on any atom is -0.370 e. The van der Waals surface area contributed by atoms with Crippen LogP contribution in [0.1, 0.15) is 18.4 Å². The minimum atomic E-state index is 0.538. The van der Waals surface area contributed by atoms with Crippen molar-refractivity contribution in [3.8, 4) is 6.07 Å². The molecule has 2 aromatic rings. The largest absolute Gasteiger partial charge is 0.370 e. The van der Waals surface area contributed by atoms with E-state index in [0.29, 0.717) is 5.92 Å². The Morgan fingerprint density at radius 3 is 3.10 bits per heavy atom. The maximum atomic E-state index is 9.33. The van der Waals surface area contributed by atoms with Crippen LogP contribution in [0, 0.1) is 17.2 Å². The van der Waals surface area contributed by atoms with Gasteiger partial charge in [0.2, 0.25) is 0 Å². The standard InChI is InChI=1S/C15H16BrN5/c16-14-3-4-15(13(6-14)7-17)20-5-1-2-12(8-20)9-21-11-18-10-19-21/h3-4,6,10-12H,1-2,5,8-9H2. The maximum absolute atomic E-state index is 9.33. The molecule has 0 spiro atoms. The van der Waals surface area contributed by atoms with Crippen molar-refractivity contribution >= 4 is 21.6 Å². The number of aromatic nitrogens is 3. The molecule has 1 atom stereocenters. The molecule has 1 aromatic carbocycles. The zero-order valence-electron chi connectivity index (χ0n) is 11.6. The summed E-state index contributed by atoms with van der Waals surface area (Å²) in [6, 6.07) is 8.21. The first kappa shape index (κ1) is 14.1. The molecule has 21 heavy (non-hydrogen) atoms. The van der Waals surface area contributed by atoms with Gasteiger partial charge in [-0.05, 0) is 37.0 Å². The van der Waals surface area contributed by atoms with Crippen LogP contribution in [0.4, 0.5) is 5.69 Å². The molecular weight excluding hydrogens is 330 g/mol. The first-order valence-electron chi connectivity index (χ1n) is 7.03. The second-order valence-corrected chi connectivity index (χ2v) is 6.26. The average Bonchev–Trinajstić information content (AvgIpc) is 3.00. The Hall–Kier alpha value is -1.87. The zero-order chi connectivity index (χ0) is 14.7. The van der Waals surface area contributed by atoms with Crippen molar-refractivity contribution in [2.24, 2.45) is 5.92 Å². The number of nitriles is 1. The second-order valence-electron chi connectivity index (χ2n) is 5.35. The molecule has 1 saturated heterocycles. The van der Waals surface area contributed by atoms with Gasteiger partial charge in [-0.15, -0.1) is 0 Å². The number of benzene rings is 1. The van der Waals surface area contributed by atoms with E-state index in [0.717, 1.165) is 41.8 Å². The fourth-order valence-electron chi connectivity index (χ4n) is 2.90. The number of piperidine rings is 1. The quantitative estimate of drug-likeness (QED) is 0.858. The molecule has 2 heterocycles. The van der Waals surface area contributed by atoms with E-state index in [9.17, 15) is 5.26 Å². The second kappa shape index (κ2) is 6.27. The number of anilines is 1. The highest BCUT2D eigenvalue weighted by Gasteiger charge is 2.22. The molecule has 1 fully saturated rings. The molecule has 1 aromatic heterocycles. The van der Waals surface area contributed by atoms with Gasteiger partial charge in [-0.2, -0.15) is 10.4 Å². The monoisotopic (exact) mass is 345 g/mol. The summed E-state index contributed by atoms with van der Waals surface area (Å²) in [4.78, 5) is 6.31. The number of hydrogen-bond donors (Lipinski definition) is 0. The van der Waals surface area contributed by atoms with Crippen LogP contribution in [0.2, 0.25) is 0 Å². The lowest BCUT2D eigenvalue weighted by Gasteiger charge is -2.34. The van der Waals surface area contributed by atoms with Gasteiger partial charge in [-0.3, -0.25) is 4.68 Å². The summed E-state index contributed by atoms with van der Waals surface area (Å²) in [5.41, 5.74) is 1.76. The van der Waals surface area contributed by atoms with E-state index in [1.807, 2.05) is 22.9 Å². The predicted molar refractivity (Wildman–Crippen MR) is 83.8 cm³/mol. The third-order valence-corrected chi connectivity index (χ3v) is 4.34. The van der Waals surface area contributed by atoms with Gasteiger partial charge in [0.25, 0.3) is 0 Å². The van der Waals surface area contributed by atoms with Gasteiger partial charge in [0.05, 0.1) is 11.3 Å². The normalized spacial score (nSPS) is 18.5. The van der Waals surface area contributed by atoms with Gasteiger partial charge in [-0.1, -0.05) is 15.9 Å². The van der Waals surface area contributed by atoms with Crippen LogP contribution < -0.4 is 4.90 Å². The Morgan fingerprint density at radius 2 is 2.33 bits per heavy atom. The lowest BCUT2D eigenvalue weighted by atomic mass is 9.97. The van der Waals surface area contributed by atoms with E-state index in [-0.39, 0.29) is 0 Å². The first-order valence-corrected chi connectivity index (χ1v) is 7.82. The molecule has 3 rings (SSSR count). The summed E-state index contributed by atoms with van der Waals surface area (Å²) < 4.78 is 2.83. The van der Waals surface area contributed by atoms with Crippen LogP contribution in [0.15, 0.2) is 35.3 Å². The smallest absolute Gasteiger partial charge is 0.137 e. The van der Waals surface area contributed by atoms with Gasteiger partial charge in [0.15, 0.2) is 0 Å². The van der Waals surface area contributed by atoms with E-state index < -0.39 is 0 Å². The fraction of sp³-hybridized carbons (Fsp3) is 0.400. The highest BCUT2D eigenvalue weighted by molar-refractivity contribution is 9.10. The van der Waals surface area contributed by atoms with Crippen molar-refractivity contribution in [2.45, 2.75) is 19.4 Å². The van der Waals surface area contributed by atoms with Crippen LogP contribution in [0.3, 0.4) is 0 Å². The Morgan fingerprint density at radius 1 is 1.43 bits per heavy atom. The highest BCUT2D eigenvalue weighted by Crippen LogP contribution is 2.28. The summed E-state index contributed by atoms with van der Waals surface area (Å²) in [7, 11) is 0. The molecule has 5 nitrogen and oxygen atoms in total. The van der Waals surface area contributed by atoms with E-state index in [1.165, 1.54) is 6.42 Å². The molecule has 0 saturated carbocycles. The Balaban J connectivity index is 1.75. The number of halogens is 1. The zero-order valence-corrected chi connectivity index (χ0v) is 13.2. The van der Waals surface area contributed by atoms with Crippen LogP contribution >= 0.6 is 15.9 Å². The van der Waals surface area contributed by atoms with E-state index >= 15 is 0 Å². The predicted octanol–water partition coefficient (Wildman–Crippen LogP) is 2.83. The van der Waals surface area contributed by atoms with Gasteiger partial charge in [-0.25, -0.2) is 4.98 Å². The molecule has 6 heteroatoms. The molecule has 0 aliphatic carbocycles. The van der Waals surface area contributed by atoms with Crippen molar-refractivity contribution in [1.82, 2.24) is 14.8 Å². The molecule has 1 aliphatic heterocycles. The Kier molecular flexibility index (Phi) is 4.20. The lowest BCUT2D eigenvalue weighted by molar-refractivity contribution is 0.351. The topological polar surface area (TPSA) is 57.7 Å². The molecule has 0 N–H and O–H groups in total. The summed E-state index contributed by atoms with van der Waals surface area (Å²) in [5, 5.41) is 13.5. The Bertz CT molecular complexity index is 647. The third-order valence-electron chi connectivity index (χ3n) is 3.85. The van der Waals surface area contributed by atoms with Crippen LogP contribution in [0.25, 0.3) is 0 Å². The van der Waals surface area contributed by atoms with Crippen LogP contribution in [0.5, 0.6) is 0 Å². The van der Waals surface area contributed by atoms with Crippen LogP contribution in [-0.4, -0.2) is 27.9 Å². The number of nitrogens with zero attached hydrogens (tertiary/aromatic N) is 5. The summed E-state index contributed by atoms with van der Waals surface area (Å²) in [5.74, 6) is 0.538. The van der Waals surface area contributed by atoms with Gasteiger partial charge in [0, 0.05) is 24.1 Å². The molecule has 1 aliphatic rings. The molecular formula is C15H16BrN5. The van der Waals surface area contributed by atoms with Gasteiger partial charge < -0.3 is 4.90 Å². The van der Waals surface area contributed by atoms with E-state index in [2.05, 4.69) is 37.0 Å². The maximum Gasteiger partial charge on any atom is 0.137 e. The molecule has 0 amide bonds. The van der Waals surface area contributed by atoms with Crippen molar-refractivity contribution in [1.29, 1.82) is 5.26 Å². The average molecular weight is 346 g/mol. The van der Waals surface area contributed by atoms with Crippen molar-refractivity contribution in [3.63, 3.8) is 0 Å². The SMILES string of the molecule is N#Cc1cc(Br)ccc1N1CCCC(Cn2cncn2)C1. The van der Waals surface area contributed by atoms with Gasteiger partial charge >= 0.3 is 0 Å². The van der Waals surface area contributed by atoms with Crippen molar-refractivity contribution in [2.75, 3.05) is 18.0 Å². The summed E-state index contributed by atoms with van der Waals surface area (Å²) >= 11 is 3.42. The van der Waals surface area contributed by atoms with E-state index in [4.69, 9.17) is 0 Å². The molecule has 108 valence electrons. The first-order chi connectivity index (χ1) is 10.3. The molecule has 0 radical (unpaired) electrons. The Labute approximate surface area is 132 Å². The fourth-order valence-corrected chi connectivity index (χ4v) is 3.26. The number of rotatable bonds is 3. The lowest BCUT2D eigenvalue weighted by Crippen LogP contribution is -2.37. The third kappa shape index (κ3) is 3.24. The summed E-state index contributed by atoms with van der Waals surface area (Å²) in [6.45, 7) is 2.84. The minimum absolute atomic E-state index is 0.538. The van der Waals surface area contributed by atoms with Crippen molar-refractivity contribution < 1.29 is 0 Å². The highest BCUT2D eigenvalue weighted by atomic mass is 79.9. The van der Waals surface area contributed by atoms with Gasteiger partial charge in [0.1, 0.15) is 18.7 Å². The molecule has 1 unspecified atom stereocenters. The number of hydrogen-bond acceptors (Lipinski definition) is 4.